The molecule has 0 aromatic heterocycles. The topological polar surface area (TPSA) is 106 Å². The highest BCUT2D eigenvalue weighted by Gasteiger charge is 2.31. The lowest BCUT2D eigenvalue weighted by atomic mass is 10.1. The predicted molar refractivity (Wildman–Crippen MR) is 104 cm³/mol. The van der Waals surface area contributed by atoms with Gasteiger partial charge in [0.2, 0.25) is 5.91 Å². The summed E-state index contributed by atoms with van der Waals surface area (Å²) in [5.74, 6) is 0.930. The molecule has 148 valence electrons. The van der Waals surface area contributed by atoms with E-state index in [9.17, 15) is 13.2 Å². The van der Waals surface area contributed by atoms with Crippen LogP contribution in [0, 0.1) is 0 Å². The van der Waals surface area contributed by atoms with E-state index in [1.807, 2.05) is 6.07 Å². The van der Waals surface area contributed by atoms with Crippen molar-refractivity contribution in [2.45, 2.75) is 24.4 Å². The minimum Gasteiger partial charge on any atom is -0.493 e. The molecule has 1 heterocycles. The van der Waals surface area contributed by atoms with Crippen LogP contribution in [0.1, 0.15) is 18.1 Å². The molecule has 1 aliphatic heterocycles. The molecule has 8 nitrogen and oxygen atoms in total. The number of sulfonamides is 1. The molecule has 0 bridgehead atoms. The molecule has 0 spiro atoms. The number of carbonyl (C=O) groups is 1. The van der Waals surface area contributed by atoms with Gasteiger partial charge in [-0.2, -0.15) is 0 Å². The van der Waals surface area contributed by atoms with Gasteiger partial charge in [-0.1, -0.05) is 24.3 Å². The van der Waals surface area contributed by atoms with Gasteiger partial charge in [0.05, 0.1) is 19.1 Å². The fraction of sp³-hybridized carbons (Fsp3) is 0.263. The molecule has 2 N–H and O–H groups in total. The Hall–Kier alpha value is -3.07. The van der Waals surface area contributed by atoms with Crippen molar-refractivity contribution in [3.8, 4) is 11.5 Å². The molecule has 0 saturated carbocycles. The first kappa shape index (κ1) is 19.7. The fourth-order valence-corrected chi connectivity index (χ4v) is 4.14. The molecule has 0 fully saturated rings. The van der Waals surface area contributed by atoms with Gasteiger partial charge in [0.25, 0.3) is 10.0 Å². The molecule has 1 atom stereocenters. The van der Waals surface area contributed by atoms with Crippen LogP contribution in [-0.2, 0) is 21.4 Å². The Morgan fingerprint density at radius 2 is 1.89 bits per heavy atom. The van der Waals surface area contributed by atoms with Gasteiger partial charge in [-0.05, 0) is 25.1 Å². The summed E-state index contributed by atoms with van der Waals surface area (Å²) in [6.07, 6.45) is 0. The minimum atomic E-state index is -3.64. The van der Waals surface area contributed by atoms with E-state index in [1.54, 1.807) is 44.4 Å². The van der Waals surface area contributed by atoms with E-state index < -0.39 is 16.1 Å². The van der Waals surface area contributed by atoms with Gasteiger partial charge in [-0.3, -0.25) is 14.5 Å². The van der Waals surface area contributed by atoms with Gasteiger partial charge in [0.1, 0.15) is 11.9 Å². The highest BCUT2D eigenvalue weighted by molar-refractivity contribution is 7.90. The van der Waals surface area contributed by atoms with Crippen LogP contribution in [0.15, 0.2) is 52.4 Å². The molecular formula is C19H21N3O5S. The number of aliphatic imine (C=N–C) groups is 1. The second-order valence-electron chi connectivity index (χ2n) is 6.13. The standard InChI is InChI=1S/C19H21N3O5S/c1-12(21-18-14-8-4-5-10-16(14)28(24,25)22-18)19(23)20-11-13-7-6-9-15(26-2)17(13)27-3/h4-10,12H,11H2,1-3H3,(H,20,23)(H,21,22)/t12-/m0/s1. The Morgan fingerprint density at radius 3 is 2.61 bits per heavy atom. The number of rotatable bonds is 6. The largest absolute Gasteiger partial charge is 0.493 e. The third kappa shape index (κ3) is 3.79. The number of hydrogen-bond acceptors (Lipinski definition) is 6. The second kappa shape index (κ2) is 7.89. The summed E-state index contributed by atoms with van der Waals surface area (Å²) in [7, 11) is -0.571. The number of ether oxygens (including phenoxy) is 2. The molecule has 9 heteroatoms. The van der Waals surface area contributed by atoms with Crippen molar-refractivity contribution in [1.29, 1.82) is 0 Å². The number of para-hydroxylation sites is 1. The van der Waals surface area contributed by atoms with Crippen LogP contribution in [0.25, 0.3) is 0 Å². The van der Waals surface area contributed by atoms with Gasteiger partial charge >= 0.3 is 0 Å². The maximum absolute atomic E-state index is 12.5. The van der Waals surface area contributed by atoms with E-state index in [-0.39, 0.29) is 23.2 Å². The van der Waals surface area contributed by atoms with E-state index in [1.165, 1.54) is 13.2 Å². The van der Waals surface area contributed by atoms with E-state index in [0.717, 1.165) is 5.56 Å². The lowest BCUT2D eigenvalue weighted by molar-refractivity contribution is -0.122. The predicted octanol–water partition coefficient (Wildman–Crippen LogP) is 1.45. The van der Waals surface area contributed by atoms with Crippen molar-refractivity contribution >= 4 is 21.8 Å². The van der Waals surface area contributed by atoms with Crippen LogP contribution in [0.4, 0.5) is 0 Å². The molecular weight excluding hydrogens is 382 g/mol. The van der Waals surface area contributed by atoms with Crippen LogP contribution < -0.4 is 19.5 Å². The Balaban J connectivity index is 1.74. The molecule has 0 unspecified atom stereocenters. The first-order valence-electron chi connectivity index (χ1n) is 8.55. The molecule has 2 aromatic rings. The number of amidine groups is 1. The van der Waals surface area contributed by atoms with Gasteiger partial charge < -0.3 is 14.8 Å². The SMILES string of the molecule is COc1cccc(CNC(=O)[C@H](C)N=C2NS(=O)(=O)c3ccccc32)c1OC. The van der Waals surface area contributed by atoms with Crippen LogP contribution in [0.2, 0.25) is 0 Å². The Labute approximate surface area is 163 Å². The first-order chi connectivity index (χ1) is 13.4. The molecule has 3 rings (SSSR count). The van der Waals surface area contributed by atoms with Crippen LogP contribution >= 0.6 is 0 Å². The molecule has 0 radical (unpaired) electrons. The van der Waals surface area contributed by atoms with E-state index in [0.29, 0.717) is 17.1 Å². The maximum Gasteiger partial charge on any atom is 0.263 e. The third-order valence-corrected chi connectivity index (χ3v) is 5.70. The summed E-state index contributed by atoms with van der Waals surface area (Å²) >= 11 is 0. The zero-order chi connectivity index (χ0) is 20.3. The fourth-order valence-electron chi connectivity index (χ4n) is 2.90. The van der Waals surface area contributed by atoms with Gasteiger partial charge in [0, 0.05) is 17.7 Å². The molecule has 2 aromatic carbocycles. The Kier molecular flexibility index (Phi) is 5.55. The van der Waals surface area contributed by atoms with Crippen molar-refractivity contribution in [1.82, 2.24) is 10.0 Å². The number of nitrogens with one attached hydrogen (secondary N) is 2. The summed E-state index contributed by atoms with van der Waals surface area (Å²) in [6.45, 7) is 1.82. The number of fused-ring (bicyclic) bond motifs is 1. The maximum atomic E-state index is 12.5. The number of carbonyl (C=O) groups excluding carboxylic acids is 1. The van der Waals surface area contributed by atoms with Crippen LogP contribution in [0.5, 0.6) is 11.5 Å². The van der Waals surface area contributed by atoms with Gasteiger partial charge in [-0.15, -0.1) is 0 Å². The van der Waals surface area contributed by atoms with E-state index in [4.69, 9.17) is 9.47 Å². The summed E-state index contributed by atoms with van der Waals surface area (Å²) < 4.78 is 37.3. The number of hydrogen-bond donors (Lipinski definition) is 2. The number of methoxy groups -OCH3 is 2. The minimum absolute atomic E-state index is 0.155. The monoisotopic (exact) mass is 403 g/mol. The van der Waals surface area contributed by atoms with Crippen molar-refractivity contribution in [2.75, 3.05) is 14.2 Å². The van der Waals surface area contributed by atoms with Crippen molar-refractivity contribution in [3.63, 3.8) is 0 Å². The highest BCUT2D eigenvalue weighted by atomic mass is 32.2. The molecule has 0 aliphatic carbocycles. The molecule has 28 heavy (non-hydrogen) atoms. The number of amides is 1. The zero-order valence-corrected chi connectivity index (χ0v) is 16.5. The highest BCUT2D eigenvalue weighted by Crippen LogP contribution is 2.30. The average molecular weight is 403 g/mol. The molecule has 1 amide bonds. The number of nitrogens with zero attached hydrogens (tertiary/aromatic N) is 1. The quantitative estimate of drug-likeness (QED) is 0.759. The van der Waals surface area contributed by atoms with Crippen molar-refractivity contribution in [3.05, 3.63) is 53.6 Å². The van der Waals surface area contributed by atoms with E-state index in [2.05, 4.69) is 15.0 Å². The summed E-state index contributed by atoms with van der Waals surface area (Å²) in [5, 5.41) is 2.78. The third-order valence-electron chi connectivity index (χ3n) is 4.30. The molecule has 1 aliphatic rings. The average Bonchev–Trinajstić information content (AvgIpc) is 2.95. The first-order valence-corrected chi connectivity index (χ1v) is 10.0. The van der Waals surface area contributed by atoms with Crippen molar-refractivity contribution in [2.24, 2.45) is 4.99 Å². The van der Waals surface area contributed by atoms with Gasteiger partial charge in [-0.25, -0.2) is 8.42 Å². The van der Waals surface area contributed by atoms with E-state index >= 15 is 0 Å². The smallest absolute Gasteiger partial charge is 0.263 e. The van der Waals surface area contributed by atoms with Gasteiger partial charge in [0.15, 0.2) is 11.5 Å². The second-order valence-corrected chi connectivity index (χ2v) is 7.78. The van der Waals surface area contributed by atoms with Crippen LogP contribution in [-0.4, -0.2) is 40.4 Å². The summed E-state index contributed by atoms with van der Waals surface area (Å²) in [5.41, 5.74) is 1.21. The Morgan fingerprint density at radius 1 is 1.14 bits per heavy atom. The Bertz CT molecular complexity index is 1030. The normalized spacial score (nSPS) is 16.8. The zero-order valence-electron chi connectivity index (χ0n) is 15.7. The lowest BCUT2D eigenvalue weighted by Gasteiger charge is -2.14. The van der Waals surface area contributed by atoms with Crippen LogP contribution in [0.3, 0.4) is 0 Å². The summed E-state index contributed by atoms with van der Waals surface area (Å²) in [4.78, 5) is 16.9. The lowest BCUT2D eigenvalue weighted by Crippen LogP contribution is -2.33. The molecule has 0 saturated heterocycles. The summed E-state index contributed by atoms with van der Waals surface area (Å²) in [6, 6.07) is 11.1. The number of benzene rings is 2. The van der Waals surface area contributed by atoms with Crippen molar-refractivity contribution < 1.29 is 22.7 Å².